The van der Waals surface area contributed by atoms with Crippen LogP contribution in [0.25, 0.3) is 0 Å². The molecule has 4 heteroatoms. The molecule has 15 heavy (non-hydrogen) atoms. The standard InChI is InChI=1S/C11H16N2OS/c12-8-2-1-3-9-10(8)15-11(13-9)7-4-5-14-6-7/h7-8H,1-6,12H2. The van der Waals surface area contributed by atoms with Crippen LogP contribution in [-0.4, -0.2) is 18.2 Å². The lowest BCUT2D eigenvalue weighted by Gasteiger charge is -2.15. The number of hydrogen-bond acceptors (Lipinski definition) is 4. The second-order valence-corrected chi connectivity index (χ2v) is 5.48. The zero-order valence-electron chi connectivity index (χ0n) is 8.74. The van der Waals surface area contributed by atoms with Gasteiger partial charge in [-0.3, -0.25) is 0 Å². The van der Waals surface area contributed by atoms with Crippen LogP contribution in [0.5, 0.6) is 0 Å². The maximum absolute atomic E-state index is 6.10. The van der Waals surface area contributed by atoms with Crippen molar-refractivity contribution in [3.05, 3.63) is 15.6 Å². The molecule has 1 aliphatic carbocycles. The van der Waals surface area contributed by atoms with Crippen molar-refractivity contribution in [1.29, 1.82) is 0 Å². The first kappa shape index (κ1) is 9.75. The molecular weight excluding hydrogens is 208 g/mol. The van der Waals surface area contributed by atoms with Gasteiger partial charge in [0.05, 0.1) is 17.3 Å². The largest absolute Gasteiger partial charge is 0.381 e. The van der Waals surface area contributed by atoms with Crippen LogP contribution in [0, 0.1) is 0 Å². The summed E-state index contributed by atoms with van der Waals surface area (Å²) in [5, 5.41) is 1.26. The van der Waals surface area contributed by atoms with Gasteiger partial charge in [-0.15, -0.1) is 11.3 Å². The molecular formula is C11H16N2OS. The normalized spacial score (nSPS) is 30.5. The Labute approximate surface area is 93.7 Å². The molecule has 2 N–H and O–H groups in total. The average molecular weight is 224 g/mol. The topological polar surface area (TPSA) is 48.1 Å². The molecule has 1 fully saturated rings. The molecule has 0 amide bonds. The van der Waals surface area contributed by atoms with Gasteiger partial charge in [0.1, 0.15) is 0 Å². The van der Waals surface area contributed by atoms with Crippen LogP contribution >= 0.6 is 11.3 Å². The zero-order valence-corrected chi connectivity index (χ0v) is 9.55. The molecule has 0 aromatic carbocycles. The summed E-state index contributed by atoms with van der Waals surface area (Å²) in [7, 11) is 0. The van der Waals surface area contributed by atoms with E-state index < -0.39 is 0 Å². The van der Waals surface area contributed by atoms with Crippen LogP contribution in [0.3, 0.4) is 0 Å². The van der Waals surface area contributed by atoms with Crippen LogP contribution in [0.1, 0.15) is 46.8 Å². The minimum atomic E-state index is 0.238. The molecule has 2 unspecified atom stereocenters. The van der Waals surface area contributed by atoms with Gasteiger partial charge < -0.3 is 10.5 Å². The minimum absolute atomic E-state index is 0.238. The molecule has 0 radical (unpaired) electrons. The Balaban J connectivity index is 1.90. The van der Waals surface area contributed by atoms with Crippen molar-refractivity contribution in [2.24, 2.45) is 5.73 Å². The van der Waals surface area contributed by atoms with E-state index in [1.54, 1.807) is 0 Å². The molecule has 1 saturated heterocycles. The number of fused-ring (bicyclic) bond motifs is 1. The Kier molecular flexibility index (Phi) is 2.50. The number of nitrogens with two attached hydrogens (primary N) is 1. The van der Waals surface area contributed by atoms with Crippen LogP contribution in [0.15, 0.2) is 0 Å². The smallest absolute Gasteiger partial charge is 0.0986 e. The highest BCUT2D eigenvalue weighted by atomic mass is 32.1. The first-order chi connectivity index (χ1) is 7.34. The van der Waals surface area contributed by atoms with Crippen LogP contribution < -0.4 is 5.73 Å². The first-order valence-electron chi connectivity index (χ1n) is 5.67. The van der Waals surface area contributed by atoms with Crippen molar-refractivity contribution in [3.63, 3.8) is 0 Å². The summed E-state index contributed by atoms with van der Waals surface area (Å²) in [5.41, 5.74) is 7.36. The Hall–Kier alpha value is -0.450. The van der Waals surface area contributed by atoms with Crippen molar-refractivity contribution >= 4 is 11.3 Å². The summed E-state index contributed by atoms with van der Waals surface area (Å²) in [6.45, 7) is 1.74. The van der Waals surface area contributed by atoms with E-state index >= 15 is 0 Å². The molecule has 1 aliphatic heterocycles. The molecule has 2 atom stereocenters. The molecule has 2 heterocycles. The second kappa shape index (κ2) is 3.85. The Bertz CT molecular complexity index is 357. The number of hydrogen-bond donors (Lipinski definition) is 1. The fourth-order valence-electron chi connectivity index (χ4n) is 2.38. The summed E-state index contributed by atoms with van der Waals surface area (Å²) < 4.78 is 5.41. The molecule has 0 bridgehead atoms. The van der Waals surface area contributed by atoms with E-state index in [-0.39, 0.29) is 6.04 Å². The van der Waals surface area contributed by atoms with E-state index in [1.807, 2.05) is 11.3 Å². The summed E-state index contributed by atoms with van der Waals surface area (Å²) in [6, 6.07) is 0.238. The molecule has 82 valence electrons. The maximum atomic E-state index is 6.10. The van der Waals surface area contributed by atoms with Gasteiger partial charge in [0.25, 0.3) is 0 Å². The zero-order chi connectivity index (χ0) is 10.3. The predicted molar refractivity (Wildman–Crippen MR) is 60.2 cm³/mol. The van der Waals surface area contributed by atoms with Crippen molar-refractivity contribution in [2.75, 3.05) is 13.2 Å². The van der Waals surface area contributed by atoms with E-state index in [2.05, 4.69) is 0 Å². The lowest BCUT2D eigenvalue weighted by molar-refractivity contribution is 0.194. The Morgan fingerprint density at radius 3 is 3.07 bits per heavy atom. The number of nitrogens with zero attached hydrogens (tertiary/aromatic N) is 1. The SMILES string of the molecule is NC1CCCc2nc(C3CCOC3)sc21. The third-order valence-electron chi connectivity index (χ3n) is 3.29. The highest BCUT2D eigenvalue weighted by Gasteiger charge is 2.26. The monoisotopic (exact) mass is 224 g/mol. The van der Waals surface area contributed by atoms with Gasteiger partial charge in [0.2, 0.25) is 0 Å². The fraction of sp³-hybridized carbons (Fsp3) is 0.727. The quantitative estimate of drug-likeness (QED) is 0.793. The fourth-order valence-corrected chi connectivity index (χ4v) is 3.64. The van der Waals surface area contributed by atoms with E-state index in [0.717, 1.165) is 32.5 Å². The van der Waals surface area contributed by atoms with Crippen LogP contribution in [-0.2, 0) is 11.2 Å². The van der Waals surface area contributed by atoms with Gasteiger partial charge in [0.15, 0.2) is 0 Å². The summed E-state index contributed by atoms with van der Waals surface area (Å²) in [5.74, 6) is 0.535. The molecule has 0 saturated carbocycles. The first-order valence-corrected chi connectivity index (χ1v) is 6.49. The molecule has 3 nitrogen and oxygen atoms in total. The lowest BCUT2D eigenvalue weighted by Crippen LogP contribution is -2.15. The third-order valence-corrected chi connectivity index (χ3v) is 4.68. The molecule has 2 aliphatic rings. The number of aromatic nitrogens is 1. The van der Waals surface area contributed by atoms with E-state index in [9.17, 15) is 0 Å². The van der Waals surface area contributed by atoms with Gasteiger partial charge >= 0.3 is 0 Å². The molecule has 0 spiro atoms. The highest BCUT2D eigenvalue weighted by Crippen LogP contribution is 2.37. The van der Waals surface area contributed by atoms with Crippen LogP contribution in [0.4, 0.5) is 0 Å². The van der Waals surface area contributed by atoms with Crippen molar-refractivity contribution < 1.29 is 4.74 Å². The van der Waals surface area contributed by atoms with Gasteiger partial charge in [-0.2, -0.15) is 0 Å². The van der Waals surface area contributed by atoms with Crippen molar-refractivity contribution in [2.45, 2.75) is 37.6 Å². The predicted octanol–water partition coefficient (Wildman–Crippen LogP) is 1.98. The summed E-state index contributed by atoms with van der Waals surface area (Å²) in [4.78, 5) is 6.08. The summed E-state index contributed by atoms with van der Waals surface area (Å²) >= 11 is 1.82. The highest BCUT2D eigenvalue weighted by molar-refractivity contribution is 7.12. The average Bonchev–Trinajstić information content (AvgIpc) is 2.86. The van der Waals surface area contributed by atoms with Crippen LogP contribution in [0.2, 0.25) is 0 Å². The lowest BCUT2D eigenvalue weighted by atomic mass is 9.99. The van der Waals surface area contributed by atoms with Crippen molar-refractivity contribution in [1.82, 2.24) is 4.98 Å². The Morgan fingerprint density at radius 1 is 1.40 bits per heavy atom. The van der Waals surface area contributed by atoms with Gasteiger partial charge in [-0.05, 0) is 25.7 Å². The molecule has 3 rings (SSSR count). The van der Waals surface area contributed by atoms with E-state index in [0.29, 0.717) is 5.92 Å². The maximum Gasteiger partial charge on any atom is 0.0986 e. The van der Waals surface area contributed by atoms with Gasteiger partial charge in [0, 0.05) is 23.4 Å². The van der Waals surface area contributed by atoms with E-state index in [1.165, 1.54) is 22.0 Å². The van der Waals surface area contributed by atoms with Gasteiger partial charge in [-0.1, -0.05) is 0 Å². The number of aryl methyl sites for hydroxylation is 1. The number of thiazole rings is 1. The minimum Gasteiger partial charge on any atom is -0.381 e. The Morgan fingerprint density at radius 2 is 2.33 bits per heavy atom. The number of rotatable bonds is 1. The molecule has 1 aromatic rings. The molecule has 1 aromatic heterocycles. The summed E-state index contributed by atoms with van der Waals surface area (Å²) in [6.07, 6.45) is 4.56. The number of ether oxygens (including phenoxy) is 1. The van der Waals surface area contributed by atoms with E-state index in [4.69, 9.17) is 15.5 Å². The third kappa shape index (κ3) is 1.71. The van der Waals surface area contributed by atoms with Crippen molar-refractivity contribution in [3.8, 4) is 0 Å². The van der Waals surface area contributed by atoms with Gasteiger partial charge in [-0.25, -0.2) is 4.98 Å². The second-order valence-electron chi connectivity index (χ2n) is 4.42.